The average molecular weight is 296 g/mol. The molecule has 0 aliphatic carbocycles. The van der Waals surface area contributed by atoms with E-state index in [1.165, 1.54) is 0 Å². The molecule has 20 heavy (non-hydrogen) atoms. The van der Waals surface area contributed by atoms with Crippen LogP contribution in [0.2, 0.25) is 0 Å². The number of nitrogens with zero attached hydrogens (tertiary/aromatic N) is 3. The van der Waals surface area contributed by atoms with Gasteiger partial charge in [0.1, 0.15) is 12.7 Å². The van der Waals surface area contributed by atoms with E-state index >= 15 is 0 Å². The van der Waals surface area contributed by atoms with Crippen LogP contribution in [0.1, 0.15) is 17.3 Å². The van der Waals surface area contributed by atoms with Gasteiger partial charge in [0.15, 0.2) is 0 Å². The molecule has 0 saturated carbocycles. The molecular weight excluding hydrogens is 278 g/mol. The van der Waals surface area contributed by atoms with Gasteiger partial charge in [-0.15, -0.1) is 22.6 Å². The molecule has 1 aromatic carbocycles. The summed E-state index contributed by atoms with van der Waals surface area (Å²) in [5.74, 6) is -0.0718. The van der Waals surface area contributed by atoms with Gasteiger partial charge >= 0.3 is 0 Å². The van der Waals surface area contributed by atoms with Crippen molar-refractivity contribution in [3.63, 3.8) is 0 Å². The highest BCUT2D eigenvalue weighted by atomic mass is 35.5. The van der Waals surface area contributed by atoms with E-state index in [-0.39, 0.29) is 24.4 Å². The molecule has 1 amide bonds. The van der Waals surface area contributed by atoms with Gasteiger partial charge in [-0.2, -0.15) is 0 Å². The van der Waals surface area contributed by atoms with Crippen molar-refractivity contribution >= 4 is 18.3 Å². The lowest BCUT2D eigenvalue weighted by Gasteiger charge is -2.11. The van der Waals surface area contributed by atoms with Crippen LogP contribution in [0, 0.1) is 0 Å². The summed E-state index contributed by atoms with van der Waals surface area (Å²) in [5.41, 5.74) is 1.56. The summed E-state index contributed by atoms with van der Waals surface area (Å²) in [5, 5.41) is 13.4. The minimum atomic E-state index is -0.0718. The Morgan fingerprint density at radius 1 is 1.25 bits per heavy atom. The first kappa shape index (κ1) is 16.1. The summed E-state index contributed by atoms with van der Waals surface area (Å²) in [6.45, 7) is 2.61. The molecule has 0 fully saturated rings. The fraction of sp³-hybridized carbons (Fsp3) is 0.308. The normalized spacial score (nSPS) is 11.5. The fourth-order valence-corrected chi connectivity index (χ4v) is 1.57. The van der Waals surface area contributed by atoms with E-state index in [2.05, 4.69) is 20.8 Å². The maximum atomic E-state index is 11.9. The van der Waals surface area contributed by atoms with Gasteiger partial charge < -0.3 is 10.6 Å². The number of halogens is 1. The molecule has 1 aromatic heterocycles. The molecular formula is C13H18ClN5O. The Morgan fingerprint density at radius 3 is 2.40 bits per heavy atom. The van der Waals surface area contributed by atoms with Crippen LogP contribution in [0.25, 0.3) is 5.69 Å². The zero-order valence-electron chi connectivity index (χ0n) is 11.4. The second-order valence-corrected chi connectivity index (χ2v) is 4.32. The van der Waals surface area contributed by atoms with Crippen molar-refractivity contribution in [2.24, 2.45) is 0 Å². The molecule has 1 atom stereocenters. The van der Waals surface area contributed by atoms with Crippen LogP contribution >= 0.6 is 12.4 Å². The monoisotopic (exact) mass is 295 g/mol. The molecule has 6 nitrogen and oxygen atoms in total. The standard InChI is InChI=1S/C13H17N5O.ClH/c1-10(14-2)7-15-13(19)11-3-5-12(6-4-11)18-8-16-17-9-18;/h3-6,8-10,14H,7H2,1-2H3,(H,15,19);1H. The van der Waals surface area contributed by atoms with E-state index in [0.717, 1.165) is 5.69 Å². The maximum absolute atomic E-state index is 11.9. The number of hydrogen-bond acceptors (Lipinski definition) is 4. The molecule has 0 aliphatic rings. The summed E-state index contributed by atoms with van der Waals surface area (Å²) < 4.78 is 1.78. The van der Waals surface area contributed by atoms with Crippen molar-refractivity contribution in [2.75, 3.05) is 13.6 Å². The lowest BCUT2D eigenvalue weighted by molar-refractivity contribution is 0.0950. The predicted octanol–water partition coefficient (Wildman–Crippen LogP) is 1.03. The lowest BCUT2D eigenvalue weighted by Crippen LogP contribution is -2.37. The number of benzene rings is 1. The highest BCUT2D eigenvalue weighted by Gasteiger charge is 2.07. The van der Waals surface area contributed by atoms with Crippen LogP contribution in [-0.4, -0.2) is 40.3 Å². The minimum Gasteiger partial charge on any atom is -0.350 e. The van der Waals surface area contributed by atoms with Crippen LogP contribution < -0.4 is 10.6 Å². The van der Waals surface area contributed by atoms with E-state index in [9.17, 15) is 4.79 Å². The molecule has 7 heteroatoms. The Hall–Kier alpha value is -1.92. The highest BCUT2D eigenvalue weighted by Crippen LogP contribution is 2.08. The van der Waals surface area contributed by atoms with Gasteiger partial charge in [0.25, 0.3) is 5.91 Å². The van der Waals surface area contributed by atoms with E-state index in [4.69, 9.17) is 0 Å². The van der Waals surface area contributed by atoms with Crippen molar-refractivity contribution in [3.05, 3.63) is 42.5 Å². The zero-order chi connectivity index (χ0) is 13.7. The smallest absolute Gasteiger partial charge is 0.251 e. The molecule has 2 rings (SSSR count). The highest BCUT2D eigenvalue weighted by molar-refractivity contribution is 5.94. The fourth-order valence-electron chi connectivity index (χ4n) is 1.57. The number of carbonyl (C=O) groups excluding carboxylic acids is 1. The van der Waals surface area contributed by atoms with Crippen molar-refractivity contribution in [1.82, 2.24) is 25.4 Å². The number of aromatic nitrogens is 3. The first-order valence-corrected chi connectivity index (χ1v) is 6.11. The summed E-state index contributed by atoms with van der Waals surface area (Å²) in [7, 11) is 1.87. The third-order valence-corrected chi connectivity index (χ3v) is 2.91. The molecule has 0 aliphatic heterocycles. The van der Waals surface area contributed by atoms with Gasteiger partial charge in [0.2, 0.25) is 0 Å². The van der Waals surface area contributed by atoms with Gasteiger partial charge in [-0.25, -0.2) is 0 Å². The van der Waals surface area contributed by atoms with Crippen molar-refractivity contribution in [3.8, 4) is 5.69 Å². The summed E-state index contributed by atoms with van der Waals surface area (Å²) in [6.07, 6.45) is 3.23. The topological polar surface area (TPSA) is 71.8 Å². The second-order valence-electron chi connectivity index (χ2n) is 4.32. The van der Waals surface area contributed by atoms with Crippen LogP contribution in [-0.2, 0) is 0 Å². The first-order chi connectivity index (χ1) is 9.20. The molecule has 1 heterocycles. The summed E-state index contributed by atoms with van der Waals surface area (Å²) in [6, 6.07) is 7.54. The van der Waals surface area contributed by atoms with Crippen LogP contribution in [0.5, 0.6) is 0 Å². The SMILES string of the molecule is CNC(C)CNC(=O)c1ccc(-n2cnnc2)cc1.Cl. The summed E-state index contributed by atoms with van der Waals surface area (Å²) >= 11 is 0. The zero-order valence-corrected chi connectivity index (χ0v) is 12.2. The number of amides is 1. The lowest BCUT2D eigenvalue weighted by atomic mass is 10.2. The van der Waals surface area contributed by atoms with Crippen LogP contribution in [0.4, 0.5) is 0 Å². The number of carbonyl (C=O) groups is 1. The van der Waals surface area contributed by atoms with E-state index in [1.54, 1.807) is 29.4 Å². The molecule has 0 radical (unpaired) electrons. The van der Waals surface area contributed by atoms with Crippen molar-refractivity contribution in [1.29, 1.82) is 0 Å². The minimum absolute atomic E-state index is 0. The number of hydrogen-bond donors (Lipinski definition) is 2. The third kappa shape index (κ3) is 4.04. The Labute approximate surface area is 124 Å². The van der Waals surface area contributed by atoms with Gasteiger partial charge in [-0.05, 0) is 38.2 Å². The van der Waals surface area contributed by atoms with Gasteiger partial charge in [-0.3, -0.25) is 9.36 Å². The van der Waals surface area contributed by atoms with Gasteiger partial charge in [0.05, 0.1) is 0 Å². The van der Waals surface area contributed by atoms with E-state index in [0.29, 0.717) is 12.1 Å². The Kier molecular flexibility index (Phi) is 6.14. The van der Waals surface area contributed by atoms with E-state index < -0.39 is 0 Å². The molecule has 1 unspecified atom stereocenters. The third-order valence-electron chi connectivity index (χ3n) is 2.91. The van der Waals surface area contributed by atoms with Crippen LogP contribution in [0.15, 0.2) is 36.9 Å². The number of nitrogens with one attached hydrogen (secondary N) is 2. The number of rotatable bonds is 5. The molecule has 2 N–H and O–H groups in total. The maximum Gasteiger partial charge on any atom is 0.251 e. The van der Waals surface area contributed by atoms with Crippen molar-refractivity contribution in [2.45, 2.75) is 13.0 Å². The number of likely N-dealkylation sites (N-methyl/N-ethyl adjacent to an activating group) is 1. The van der Waals surface area contributed by atoms with Crippen molar-refractivity contribution < 1.29 is 4.79 Å². The van der Waals surface area contributed by atoms with E-state index in [1.807, 2.05) is 26.1 Å². The molecule has 2 aromatic rings. The largest absolute Gasteiger partial charge is 0.350 e. The molecule has 0 spiro atoms. The predicted molar refractivity (Wildman–Crippen MR) is 79.5 cm³/mol. The Balaban J connectivity index is 0.00000200. The van der Waals surface area contributed by atoms with Gasteiger partial charge in [0, 0.05) is 23.8 Å². The molecule has 0 bridgehead atoms. The molecule has 108 valence electrons. The Morgan fingerprint density at radius 2 is 1.85 bits per heavy atom. The van der Waals surface area contributed by atoms with Crippen LogP contribution in [0.3, 0.4) is 0 Å². The average Bonchev–Trinajstić information content (AvgIpc) is 2.98. The Bertz CT molecular complexity index is 526. The quantitative estimate of drug-likeness (QED) is 0.864. The first-order valence-electron chi connectivity index (χ1n) is 6.11. The summed E-state index contributed by atoms with van der Waals surface area (Å²) in [4.78, 5) is 11.9. The molecule has 0 saturated heterocycles. The van der Waals surface area contributed by atoms with Gasteiger partial charge in [-0.1, -0.05) is 0 Å². The second kappa shape index (κ2) is 7.62.